The van der Waals surface area contributed by atoms with Gasteiger partial charge in [-0.3, -0.25) is 4.79 Å². The number of halogens is 1. The van der Waals surface area contributed by atoms with Gasteiger partial charge in [0.25, 0.3) is 5.91 Å². The van der Waals surface area contributed by atoms with Gasteiger partial charge in [0, 0.05) is 5.02 Å². The zero-order chi connectivity index (χ0) is 21.0. The molecule has 0 spiro atoms. The highest BCUT2D eigenvalue weighted by molar-refractivity contribution is 7.93. The van der Waals surface area contributed by atoms with E-state index in [1.165, 1.54) is 22.3 Å². The average molecular weight is 453 g/mol. The predicted molar refractivity (Wildman–Crippen MR) is 117 cm³/mol. The molecular formula is C21H25ClN2O3S2. The lowest BCUT2D eigenvalue weighted by Gasteiger charge is -2.16. The molecule has 8 heteroatoms. The third kappa shape index (κ3) is 3.91. The Kier molecular flexibility index (Phi) is 5.40. The van der Waals surface area contributed by atoms with Gasteiger partial charge in [0.15, 0.2) is 9.92 Å². The second-order valence-electron chi connectivity index (χ2n) is 8.36. The molecule has 0 saturated heterocycles. The van der Waals surface area contributed by atoms with Crippen molar-refractivity contribution in [3.05, 3.63) is 49.8 Å². The van der Waals surface area contributed by atoms with Crippen molar-refractivity contribution in [2.24, 2.45) is 9.50 Å². The van der Waals surface area contributed by atoms with E-state index in [0.29, 0.717) is 9.77 Å². The predicted octanol–water partition coefficient (Wildman–Crippen LogP) is 4.08. The van der Waals surface area contributed by atoms with E-state index in [0.717, 1.165) is 60.4 Å². The summed E-state index contributed by atoms with van der Waals surface area (Å²) in [6.07, 6.45) is 5.92. The Morgan fingerprint density at radius 2 is 1.76 bits per heavy atom. The fourth-order valence-electron chi connectivity index (χ4n) is 4.39. The first-order valence-corrected chi connectivity index (χ1v) is 12.6. The van der Waals surface area contributed by atoms with Crippen LogP contribution in [0, 0.1) is 0 Å². The Bertz CT molecular complexity index is 1090. The molecule has 1 unspecified atom stereocenters. The molecule has 0 fully saturated rings. The molecule has 1 heterocycles. The molecule has 2 aliphatic carbocycles. The molecule has 29 heavy (non-hydrogen) atoms. The van der Waals surface area contributed by atoms with Gasteiger partial charge in [-0.05, 0) is 97.2 Å². The lowest BCUT2D eigenvalue weighted by atomic mass is 9.92. The number of carbonyl (C=O) groups is 1. The van der Waals surface area contributed by atoms with Crippen molar-refractivity contribution in [1.29, 1.82) is 0 Å². The normalized spacial score (nSPS) is 17.7. The molecule has 1 amide bonds. The molecule has 0 radical (unpaired) electrons. The Morgan fingerprint density at radius 3 is 2.28 bits per heavy atom. The first-order chi connectivity index (χ1) is 13.6. The molecule has 156 valence electrons. The molecule has 1 aromatic carbocycles. The minimum atomic E-state index is -3.35. The molecule has 2 aromatic rings. The van der Waals surface area contributed by atoms with Gasteiger partial charge >= 0.3 is 0 Å². The van der Waals surface area contributed by atoms with Crippen molar-refractivity contribution in [2.75, 3.05) is 0 Å². The number of carbonyl (C=O) groups excluding carboxylic acids is 1. The average Bonchev–Trinajstić information content (AvgIpc) is 3.37. The number of benzene rings is 1. The third-order valence-corrected chi connectivity index (χ3v) is 9.18. The maximum absolute atomic E-state index is 12.9. The van der Waals surface area contributed by atoms with E-state index >= 15 is 0 Å². The van der Waals surface area contributed by atoms with Gasteiger partial charge in [0.1, 0.15) is 4.21 Å². The molecule has 4 rings (SSSR count). The maximum atomic E-state index is 12.9. The zero-order valence-corrected chi connectivity index (χ0v) is 19.0. The van der Waals surface area contributed by atoms with Gasteiger partial charge in [-0.2, -0.15) is 0 Å². The third-order valence-electron chi connectivity index (χ3n) is 5.83. The lowest BCUT2D eigenvalue weighted by Crippen LogP contribution is -2.17. The Morgan fingerprint density at radius 1 is 1.21 bits per heavy atom. The molecular weight excluding hydrogens is 428 g/mol. The van der Waals surface area contributed by atoms with Crippen LogP contribution in [0.15, 0.2) is 20.0 Å². The van der Waals surface area contributed by atoms with Crippen LogP contribution in [-0.2, 0) is 52.4 Å². The van der Waals surface area contributed by atoms with E-state index in [1.54, 1.807) is 25.3 Å². The number of aliphatic hydroxyl groups is 1. The van der Waals surface area contributed by atoms with E-state index in [4.69, 9.17) is 16.7 Å². The largest absolute Gasteiger partial charge is 0.386 e. The van der Waals surface area contributed by atoms with Crippen LogP contribution >= 0.6 is 22.9 Å². The van der Waals surface area contributed by atoms with Crippen LogP contribution in [0.1, 0.15) is 60.1 Å². The van der Waals surface area contributed by atoms with Crippen molar-refractivity contribution >= 4 is 38.8 Å². The molecule has 0 saturated carbocycles. The molecule has 1 aromatic heterocycles. The second kappa shape index (κ2) is 7.46. The number of hydrogen-bond donors (Lipinski definition) is 2. The van der Waals surface area contributed by atoms with E-state index in [-0.39, 0.29) is 6.42 Å². The first kappa shape index (κ1) is 21.0. The van der Waals surface area contributed by atoms with E-state index in [1.807, 2.05) is 0 Å². The number of thiophene rings is 1. The summed E-state index contributed by atoms with van der Waals surface area (Å²) < 4.78 is 17.2. The quantitative estimate of drug-likeness (QED) is 0.731. The summed E-state index contributed by atoms with van der Waals surface area (Å²) in [5.41, 5.74) is 5.28. The van der Waals surface area contributed by atoms with Gasteiger partial charge in [0.2, 0.25) is 0 Å². The van der Waals surface area contributed by atoms with E-state index in [2.05, 4.69) is 4.36 Å². The Labute approximate surface area is 180 Å². The summed E-state index contributed by atoms with van der Waals surface area (Å²) in [5, 5.41) is 18.6. The fourth-order valence-corrected chi connectivity index (χ4v) is 7.16. The summed E-state index contributed by atoms with van der Waals surface area (Å²) >= 11 is 7.79. The van der Waals surface area contributed by atoms with Crippen LogP contribution in [0.5, 0.6) is 0 Å². The number of hydrogen-bond acceptors (Lipinski definition) is 4. The fraction of sp³-hybridized carbons (Fsp3) is 0.476. The number of fused-ring (bicyclic) bond motifs is 2. The van der Waals surface area contributed by atoms with Crippen molar-refractivity contribution in [2.45, 2.75) is 68.6 Å². The second-order valence-corrected chi connectivity index (χ2v) is 11.7. The van der Waals surface area contributed by atoms with Crippen LogP contribution in [-0.4, -0.2) is 15.2 Å². The molecule has 1 atom stereocenters. The molecule has 0 aliphatic heterocycles. The minimum absolute atomic E-state index is 0.111. The molecule has 0 bridgehead atoms. The van der Waals surface area contributed by atoms with E-state index < -0.39 is 21.4 Å². The monoisotopic (exact) mass is 452 g/mol. The van der Waals surface area contributed by atoms with Gasteiger partial charge in [-0.25, -0.2) is 9.35 Å². The van der Waals surface area contributed by atoms with Crippen LogP contribution < -0.4 is 5.14 Å². The topological polar surface area (TPSA) is 92.8 Å². The summed E-state index contributed by atoms with van der Waals surface area (Å²) in [4.78, 5) is 12.8. The molecule has 5 nitrogen and oxygen atoms in total. The highest BCUT2D eigenvalue weighted by Crippen LogP contribution is 2.41. The van der Waals surface area contributed by atoms with Crippen molar-refractivity contribution in [1.82, 2.24) is 0 Å². The van der Waals surface area contributed by atoms with Gasteiger partial charge in [-0.15, -0.1) is 15.7 Å². The number of rotatable bonds is 4. The van der Waals surface area contributed by atoms with Crippen LogP contribution in [0.25, 0.3) is 0 Å². The van der Waals surface area contributed by atoms with Crippen molar-refractivity contribution in [3.63, 3.8) is 0 Å². The summed E-state index contributed by atoms with van der Waals surface area (Å²) in [5.74, 6) is -0.471. The zero-order valence-electron chi connectivity index (χ0n) is 16.6. The SMILES string of the molecule is CC(C)(O)c1csc(S(N)(=O)=NC(=O)Cc2c3c(c(Cl)c4c2CCC4)CCC3)c1. The number of amides is 1. The van der Waals surface area contributed by atoms with Gasteiger partial charge < -0.3 is 5.11 Å². The molecule has 3 N–H and O–H groups in total. The Balaban J connectivity index is 1.67. The van der Waals surface area contributed by atoms with Crippen molar-refractivity contribution < 1.29 is 14.1 Å². The summed E-state index contributed by atoms with van der Waals surface area (Å²) in [6.45, 7) is 3.28. The smallest absolute Gasteiger partial charge is 0.259 e. The number of nitrogens with two attached hydrogens (primary N) is 1. The van der Waals surface area contributed by atoms with Crippen LogP contribution in [0.2, 0.25) is 5.02 Å². The van der Waals surface area contributed by atoms with Gasteiger partial charge in [-0.1, -0.05) is 11.6 Å². The van der Waals surface area contributed by atoms with Crippen LogP contribution in [0.4, 0.5) is 0 Å². The summed E-state index contributed by atoms with van der Waals surface area (Å²) in [7, 11) is -3.35. The highest BCUT2D eigenvalue weighted by Gasteiger charge is 2.29. The summed E-state index contributed by atoms with van der Waals surface area (Å²) in [6, 6.07) is 1.57. The lowest BCUT2D eigenvalue weighted by molar-refractivity contribution is -0.117. The number of nitrogens with zero attached hydrogens (tertiary/aromatic N) is 1. The first-order valence-electron chi connectivity index (χ1n) is 9.81. The van der Waals surface area contributed by atoms with Crippen molar-refractivity contribution in [3.8, 4) is 0 Å². The van der Waals surface area contributed by atoms with E-state index in [9.17, 15) is 14.1 Å². The minimum Gasteiger partial charge on any atom is -0.386 e. The van der Waals surface area contributed by atoms with Gasteiger partial charge in [0.05, 0.1) is 12.0 Å². The van der Waals surface area contributed by atoms with Crippen LogP contribution in [0.3, 0.4) is 0 Å². The standard InChI is InChI=1S/C21H25ClN2O3S2/c1-21(2,26)12-9-19(28-11-12)29(23,27)24-18(25)10-17-13-5-3-7-15(13)20(22)16-8-4-6-14(16)17/h9,11,26H,3-8,10H2,1-2H3,(H2,23,24,25,27). The maximum Gasteiger partial charge on any atom is 0.259 e. The molecule has 2 aliphatic rings. The Hall–Kier alpha value is -1.25. The highest BCUT2D eigenvalue weighted by atomic mass is 35.5.